The van der Waals surface area contributed by atoms with Crippen LogP contribution in [0, 0.1) is 0 Å². The highest BCUT2D eigenvalue weighted by molar-refractivity contribution is 5.71. The Labute approximate surface area is 378 Å². The second-order valence-electron chi connectivity index (χ2n) is 15.2. The Morgan fingerprint density at radius 1 is 0.339 bits per heavy atom. The van der Waals surface area contributed by atoms with Gasteiger partial charge in [-0.2, -0.15) is 0 Å². The number of unbranched alkanes of at least 4 members (excludes halogenated alkanes) is 14. The van der Waals surface area contributed by atoms with Crippen LogP contribution in [0.4, 0.5) is 0 Å². The van der Waals surface area contributed by atoms with Crippen LogP contribution in [0.15, 0.2) is 146 Å². The van der Waals surface area contributed by atoms with Gasteiger partial charge in [-0.15, -0.1) is 0 Å². The molecule has 0 aliphatic heterocycles. The van der Waals surface area contributed by atoms with Gasteiger partial charge in [0.25, 0.3) is 0 Å². The molecule has 0 bridgehead atoms. The average Bonchev–Trinajstić information content (AvgIpc) is 3.27. The van der Waals surface area contributed by atoms with Crippen molar-refractivity contribution >= 4 is 17.9 Å². The van der Waals surface area contributed by atoms with Crippen molar-refractivity contribution in [2.45, 2.75) is 175 Å². The van der Waals surface area contributed by atoms with Crippen LogP contribution in [-0.2, 0) is 28.6 Å². The maximum absolute atomic E-state index is 12.7. The first-order valence-corrected chi connectivity index (χ1v) is 24.0. The summed E-state index contributed by atoms with van der Waals surface area (Å²) in [6.45, 7) is 6.18. The largest absolute Gasteiger partial charge is 0.462 e. The van der Waals surface area contributed by atoms with Crippen LogP contribution in [0.25, 0.3) is 0 Å². The fourth-order valence-corrected chi connectivity index (χ4v) is 5.78. The van der Waals surface area contributed by atoms with E-state index in [1.165, 1.54) is 44.9 Å². The van der Waals surface area contributed by atoms with Gasteiger partial charge in [0.2, 0.25) is 0 Å². The molecule has 0 rings (SSSR count). The number of ether oxygens (including phenoxy) is 3. The summed E-state index contributed by atoms with van der Waals surface area (Å²) in [5.41, 5.74) is 0. The number of hydrogen-bond donors (Lipinski definition) is 0. The van der Waals surface area contributed by atoms with Gasteiger partial charge in [0, 0.05) is 19.3 Å². The monoisotopic (exact) mass is 853 g/mol. The molecule has 0 saturated heterocycles. The van der Waals surface area contributed by atoms with Crippen LogP contribution in [0.1, 0.15) is 168 Å². The third-order valence-electron chi connectivity index (χ3n) is 9.34. The number of hydrogen-bond acceptors (Lipinski definition) is 6. The van der Waals surface area contributed by atoms with E-state index in [0.717, 1.165) is 70.6 Å². The highest BCUT2D eigenvalue weighted by Crippen LogP contribution is 2.11. The second kappa shape index (κ2) is 49.0. The molecule has 1 atom stereocenters. The molecule has 0 N–H and O–H groups in total. The first-order valence-electron chi connectivity index (χ1n) is 24.0. The lowest BCUT2D eigenvalue weighted by Crippen LogP contribution is -2.30. The van der Waals surface area contributed by atoms with E-state index in [2.05, 4.69) is 63.3 Å². The average molecular weight is 853 g/mol. The van der Waals surface area contributed by atoms with E-state index in [0.29, 0.717) is 19.3 Å². The van der Waals surface area contributed by atoms with E-state index in [1.807, 2.05) is 103 Å². The van der Waals surface area contributed by atoms with E-state index in [4.69, 9.17) is 14.2 Å². The lowest BCUT2D eigenvalue weighted by atomic mass is 10.1. The zero-order valence-corrected chi connectivity index (χ0v) is 39.1. The standard InChI is InChI=1S/C56H84O6/c1-4-7-10-13-16-19-22-25-27-29-31-34-37-40-43-46-49-55(58)61-52-53(51-60-54(57)48-45-42-39-36-33-30-24-21-18-15-12-9-6-3)62-56(59)50-47-44-41-38-35-32-28-26-23-20-17-14-11-8-5-2/h8-9,11-12,14-15,17-18,20-21,23-24,26-36,39,53H,4-7,10,13,16,19,22,25,37-38,40-52H2,1-3H3/b11-8+,12-9+,17-14+,18-15+,23-20+,24-21+,28-26+,29-27+,33-30+,34-31+,35-32+,39-36+. The molecule has 0 aliphatic carbocycles. The lowest BCUT2D eigenvalue weighted by molar-refractivity contribution is -0.167. The minimum atomic E-state index is -0.845. The smallest absolute Gasteiger partial charge is 0.306 e. The maximum atomic E-state index is 12.7. The summed E-state index contributed by atoms with van der Waals surface area (Å²) in [5, 5.41) is 0. The summed E-state index contributed by atoms with van der Waals surface area (Å²) >= 11 is 0. The van der Waals surface area contributed by atoms with Crippen molar-refractivity contribution in [3.8, 4) is 0 Å². The third kappa shape index (κ3) is 46.4. The number of allylic oxidation sites excluding steroid dienone is 24. The summed E-state index contributed by atoms with van der Waals surface area (Å²) < 4.78 is 16.6. The fourth-order valence-electron chi connectivity index (χ4n) is 5.78. The fraction of sp³-hybridized carbons (Fsp3) is 0.518. The van der Waals surface area contributed by atoms with Gasteiger partial charge in [0.05, 0.1) is 0 Å². The minimum absolute atomic E-state index is 0.139. The minimum Gasteiger partial charge on any atom is -0.462 e. The first-order chi connectivity index (χ1) is 30.5. The predicted octanol–water partition coefficient (Wildman–Crippen LogP) is 15.7. The van der Waals surface area contributed by atoms with E-state index in [-0.39, 0.29) is 44.0 Å². The van der Waals surface area contributed by atoms with Gasteiger partial charge in [0.15, 0.2) is 6.10 Å². The van der Waals surface area contributed by atoms with Crippen LogP contribution >= 0.6 is 0 Å². The summed E-state index contributed by atoms with van der Waals surface area (Å²) in [6.07, 6.45) is 69.8. The molecule has 0 amide bonds. The molecule has 0 fully saturated rings. The SMILES string of the molecule is CC/C=C/C=C/C=C/C=C/C=C/CCCCCC(=O)OC(COC(=O)CCC/C=C/C=C/C=C/C=C/C=C/CC)COC(=O)CCCCC/C=C/C=C/CCCCCCCCC. The van der Waals surface area contributed by atoms with Gasteiger partial charge in [-0.25, -0.2) is 0 Å². The molecular formula is C56H84O6. The van der Waals surface area contributed by atoms with Gasteiger partial charge in [-0.1, -0.05) is 218 Å². The molecule has 0 aromatic rings. The van der Waals surface area contributed by atoms with Crippen molar-refractivity contribution in [2.75, 3.05) is 13.2 Å². The number of carbonyl (C=O) groups is 3. The Bertz CT molecular complexity index is 1440. The molecule has 0 aromatic heterocycles. The Morgan fingerprint density at radius 3 is 1.06 bits per heavy atom. The molecule has 6 heteroatoms. The Kier molecular flexibility index (Phi) is 45.2. The summed E-state index contributed by atoms with van der Waals surface area (Å²) in [6, 6.07) is 0. The topological polar surface area (TPSA) is 78.9 Å². The van der Waals surface area contributed by atoms with Crippen molar-refractivity contribution in [1.29, 1.82) is 0 Å². The van der Waals surface area contributed by atoms with Gasteiger partial charge in [0.1, 0.15) is 13.2 Å². The number of esters is 3. The Hall–Kier alpha value is -4.71. The molecule has 6 nitrogen and oxygen atoms in total. The van der Waals surface area contributed by atoms with Gasteiger partial charge in [-0.3, -0.25) is 14.4 Å². The quantitative estimate of drug-likeness (QED) is 0.0264. The molecule has 344 valence electrons. The second-order valence-corrected chi connectivity index (χ2v) is 15.2. The Balaban J connectivity index is 4.65. The lowest BCUT2D eigenvalue weighted by Gasteiger charge is -2.18. The molecule has 0 aliphatic rings. The van der Waals surface area contributed by atoms with Crippen LogP contribution in [0.3, 0.4) is 0 Å². The highest BCUT2D eigenvalue weighted by Gasteiger charge is 2.19. The van der Waals surface area contributed by atoms with Crippen molar-refractivity contribution in [3.05, 3.63) is 146 Å². The molecule has 1 unspecified atom stereocenters. The van der Waals surface area contributed by atoms with Crippen molar-refractivity contribution < 1.29 is 28.6 Å². The van der Waals surface area contributed by atoms with Crippen LogP contribution in [-0.4, -0.2) is 37.2 Å². The van der Waals surface area contributed by atoms with Crippen LogP contribution < -0.4 is 0 Å². The molecule has 0 aromatic carbocycles. The number of rotatable bonds is 40. The van der Waals surface area contributed by atoms with Crippen molar-refractivity contribution in [1.82, 2.24) is 0 Å². The van der Waals surface area contributed by atoms with Gasteiger partial charge < -0.3 is 14.2 Å². The maximum Gasteiger partial charge on any atom is 0.306 e. The third-order valence-corrected chi connectivity index (χ3v) is 9.34. The Morgan fingerprint density at radius 2 is 0.645 bits per heavy atom. The van der Waals surface area contributed by atoms with Crippen LogP contribution in [0.2, 0.25) is 0 Å². The first kappa shape index (κ1) is 57.3. The van der Waals surface area contributed by atoms with Crippen molar-refractivity contribution in [3.63, 3.8) is 0 Å². The molecule has 62 heavy (non-hydrogen) atoms. The molecule has 0 saturated carbocycles. The van der Waals surface area contributed by atoms with Crippen LogP contribution in [0.5, 0.6) is 0 Å². The molecule has 0 radical (unpaired) electrons. The summed E-state index contributed by atoms with van der Waals surface area (Å²) in [4.78, 5) is 37.8. The van der Waals surface area contributed by atoms with Crippen molar-refractivity contribution in [2.24, 2.45) is 0 Å². The normalized spacial score (nSPS) is 13.4. The number of carbonyl (C=O) groups excluding carboxylic acids is 3. The summed E-state index contributed by atoms with van der Waals surface area (Å²) in [5.74, 6) is -1.10. The predicted molar refractivity (Wildman–Crippen MR) is 265 cm³/mol. The van der Waals surface area contributed by atoms with E-state index in [1.54, 1.807) is 0 Å². The van der Waals surface area contributed by atoms with E-state index in [9.17, 15) is 14.4 Å². The van der Waals surface area contributed by atoms with E-state index >= 15 is 0 Å². The van der Waals surface area contributed by atoms with E-state index < -0.39 is 6.10 Å². The van der Waals surface area contributed by atoms with Gasteiger partial charge >= 0.3 is 17.9 Å². The molecule has 0 spiro atoms. The molecule has 0 heterocycles. The van der Waals surface area contributed by atoms with Gasteiger partial charge in [-0.05, 0) is 77.0 Å². The molecular weight excluding hydrogens is 769 g/mol. The zero-order chi connectivity index (χ0) is 45.1. The highest BCUT2D eigenvalue weighted by atomic mass is 16.6. The zero-order valence-electron chi connectivity index (χ0n) is 39.1. The summed E-state index contributed by atoms with van der Waals surface area (Å²) in [7, 11) is 0.